The van der Waals surface area contributed by atoms with Crippen molar-refractivity contribution in [3.8, 4) is 11.4 Å². The lowest BCUT2D eigenvalue weighted by Gasteiger charge is -2.26. The van der Waals surface area contributed by atoms with Crippen LogP contribution in [-0.2, 0) is 22.6 Å². The number of hydrogen-bond donors (Lipinski definition) is 0. The average molecular weight is 313 g/mol. The number of hydrogen-bond acceptors (Lipinski definition) is 4. The fraction of sp³-hybridized carbons (Fsp3) is 0.412. The van der Waals surface area contributed by atoms with Crippen LogP contribution in [0.5, 0.6) is 0 Å². The zero-order valence-corrected chi connectivity index (χ0v) is 12.9. The number of morpholine rings is 1. The lowest BCUT2D eigenvalue weighted by atomic mass is 10.2. The van der Waals surface area contributed by atoms with Gasteiger partial charge in [-0.15, -0.1) is 0 Å². The van der Waals surface area contributed by atoms with E-state index in [1.54, 1.807) is 0 Å². The van der Waals surface area contributed by atoms with Gasteiger partial charge in [0.05, 0.1) is 32.1 Å². The highest BCUT2D eigenvalue weighted by Gasteiger charge is 2.29. The molecule has 2 aliphatic heterocycles. The van der Waals surface area contributed by atoms with E-state index in [2.05, 4.69) is 9.55 Å². The van der Waals surface area contributed by atoms with E-state index in [4.69, 9.17) is 9.47 Å². The summed E-state index contributed by atoms with van der Waals surface area (Å²) in [7, 11) is 0. The zero-order valence-electron chi connectivity index (χ0n) is 12.9. The van der Waals surface area contributed by atoms with Crippen molar-refractivity contribution in [1.29, 1.82) is 0 Å². The van der Waals surface area contributed by atoms with Crippen LogP contribution in [0.15, 0.2) is 30.3 Å². The lowest BCUT2D eigenvalue weighted by molar-refractivity contribution is 0.0292. The fourth-order valence-corrected chi connectivity index (χ4v) is 3.09. The predicted molar refractivity (Wildman–Crippen MR) is 84.0 cm³/mol. The van der Waals surface area contributed by atoms with Crippen molar-refractivity contribution in [2.75, 3.05) is 32.9 Å². The quantitative estimate of drug-likeness (QED) is 0.844. The van der Waals surface area contributed by atoms with Gasteiger partial charge in [0.25, 0.3) is 5.91 Å². The van der Waals surface area contributed by atoms with Crippen LogP contribution in [0.4, 0.5) is 0 Å². The maximum Gasteiger partial charge on any atom is 0.274 e. The molecule has 120 valence electrons. The number of carbonyl (C=O) groups is 1. The molecule has 0 aliphatic carbocycles. The highest BCUT2D eigenvalue weighted by Crippen LogP contribution is 2.26. The number of rotatable bonds is 2. The smallest absolute Gasteiger partial charge is 0.274 e. The van der Waals surface area contributed by atoms with Gasteiger partial charge in [0.1, 0.15) is 5.82 Å². The van der Waals surface area contributed by atoms with Crippen molar-refractivity contribution in [2.24, 2.45) is 0 Å². The van der Waals surface area contributed by atoms with Crippen LogP contribution in [0.1, 0.15) is 16.2 Å². The fourth-order valence-electron chi connectivity index (χ4n) is 3.09. The van der Waals surface area contributed by atoms with Gasteiger partial charge in [-0.1, -0.05) is 30.3 Å². The summed E-state index contributed by atoms with van der Waals surface area (Å²) in [4.78, 5) is 19.4. The van der Waals surface area contributed by atoms with E-state index < -0.39 is 0 Å². The summed E-state index contributed by atoms with van der Waals surface area (Å²) in [6.07, 6.45) is 0. The summed E-state index contributed by atoms with van der Waals surface area (Å²) in [6, 6.07) is 9.99. The van der Waals surface area contributed by atoms with Crippen molar-refractivity contribution in [3.63, 3.8) is 0 Å². The second-order valence-corrected chi connectivity index (χ2v) is 5.71. The number of ether oxygens (including phenoxy) is 2. The number of benzene rings is 1. The van der Waals surface area contributed by atoms with E-state index in [9.17, 15) is 4.79 Å². The van der Waals surface area contributed by atoms with Crippen LogP contribution in [0.2, 0.25) is 0 Å². The van der Waals surface area contributed by atoms with E-state index in [-0.39, 0.29) is 5.91 Å². The van der Waals surface area contributed by atoms with Crippen LogP contribution in [0.3, 0.4) is 0 Å². The molecule has 0 radical (unpaired) electrons. The summed E-state index contributed by atoms with van der Waals surface area (Å²) in [5, 5.41) is 0. The Hall–Kier alpha value is -2.18. The highest BCUT2D eigenvalue weighted by molar-refractivity contribution is 5.94. The minimum Gasteiger partial charge on any atom is -0.378 e. The average Bonchev–Trinajstić information content (AvgIpc) is 3.02. The molecule has 2 aliphatic rings. The van der Waals surface area contributed by atoms with Crippen LogP contribution in [-0.4, -0.2) is 53.3 Å². The van der Waals surface area contributed by atoms with Crippen molar-refractivity contribution in [3.05, 3.63) is 41.7 Å². The molecule has 0 bridgehead atoms. The molecule has 3 heterocycles. The normalized spacial score (nSPS) is 17.8. The van der Waals surface area contributed by atoms with Gasteiger partial charge in [0, 0.05) is 25.2 Å². The van der Waals surface area contributed by atoms with E-state index in [1.807, 2.05) is 35.2 Å². The molecular weight excluding hydrogens is 294 g/mol. The van der Waals surface area contributed by atoms with Gasteiger partial charge < -0.3 is 18.9 Å². The molecule has 0 saturated carbocycles. The van der Waals surface area contributed by atoms with Crippen LogP contribution in [0, 0.1) is 0 Å². The molecule has 0 unspecified atom stereocenters. The molecule has 4 rings (SSSR count). The molecule has 1 fully saturated rings. The first-order chi connectivity index (χ1) is 11.3. The molecule has 1 aromatic carbocycles. The van der Waals surface area contributed by atoms with Crippen molar-refractivity contribution in [1.82, 2.24) is 14.5 Å². The second kappa shape index (κ2) is 6.14. The summed E-state index contributed by atoms with van der Waals surface area (Å²) >= 11 is 0. The van der Waals surface area contributed by atoms with Crippen molar-refractivity contribution < 1.29 is 14.3 Å². The topological polar surface area (TPSA) is 56.6 Å². The van der Waals surface area contributed by atoms with Crippen molar-refractivity contribution >= 4 is 5.91 Å². The van der Waals surface area contributed by atoms with E-state index in [1.165, 1.54) is 0 Å². The predicted octanol–water partition coefficient (Wildman–Crippen LogP) is 1.55. The largest absolute Gasteiger partial charge is 0.378 e. The number of imidazole rings is 1. The Labute approximate surface area is 134 Å². The molecule has 0 atom stereocenters. The van der Waals surface area contributed by atoms with Gasteiger partial charge in [0.15, 0.2) is 5.69 Å². The monoisotopic (exact) mass is 313 g/mol. The van der Waals surface area contributed by atoms with E-state index in [0.717, 1.165) is 23.6 Å². The minimum absolute atomic E-state index is 0.0234. The third-order valence-corrected chi connectivity index (χ3v) is 4.30. The Balaban J connectivity index is 1.75. The number of amides is 1. The number of aromatic nitrogens is 2. The highest BCUT2D eigenvalue weighted by atomic mass is 16.5. The Morgan fingerprint density at radius 1 is 1.00 bits per heavy atom. The maximum atomic E-state index is 12.9. The summed E-state index contributed by atoms with van der Waals surface area (Å²) in [5.41, 5.74) is 2.42. The van der Waals surface area contributed by atoms with Gasteiger partial charge in [-0.2, -0.15) is 0 Å². The first-order valence-corrected chi connectivity index (χ1v) is 7.94. The molecule has 0 N–H and O–H groups in total. The Morgan fingerprint density at radius 2 is 1.74 bits per heavy atom. The molecule has 1 aromatic heterocycles. The summed E-state index contributed by atoms with van der Waals surface area (Å²) in [5.74, 6) is 0.824. The molecule has 0 spiro atoms. The van der Waals surface area contributed by atoms with Crippen LogP contribution >= 0.6 is 0 Å². The molecule has 23 heavy (non-hydrogen) atoms. The Bertz CT molecular complexity index is 705. The molecular formula is C17H19N3O3. The van der Waals surface area contributed by atoms with Gasteiger partial charge in [-0.05, 0) is 0 Å². The lowest BCUT2D eigenvalue weighted by Crippen LogP contribution is -2.41. The van der Waals surface area contributed by atoms with Gasteiger partial charge in [-0.25, -0.2) is 4.98 Å². The Kier molecular flexibility index (Phi) is 3.85. The maximum absolute atomic E-state index is 12.9. The zero-order chi connectivity index (χ0) is 15.6. The third kappa shape index (κ3) is 2.64. The Morgan fingerprint density at radius 3 is 2.52 bits per heavy atom. The van der Waals surface area contributed by atoms with E-state index >= 15 is 0 Å². The number of fused-ring (bicyclic) bond motifs is 1. The molecule has 2 aromatic rings. The van der Waals surface area contributed by atoms with Gasteiger partial charge >= 0.3 is 0 Å². The van der Waals surface area contributed by atoms with E-state index in [0.29, 0.717) is 45.2 Å². The van der Waals surface area contributed by atoms with Crippen LogP contribution in [0.25, 0.3) is 11.4 Å². The minimum atomic E-state index is -0.0234. The van der Waals surface area contributed by atoms with Gasteiger partial charge in [0.2, 0.25) is 0 Å². The molecule has 1 amide bonds. The molecule has 6 nitrogen and oxygen atoms in total. The summed E-state index contributed by atoms with van der Waals surface area (Å²) in [6.45, 7) is 4.22. The van der Waals surface area contributed by atoms with Crippen LogP contribution < -0.4 is 0 Å². The number of carbonyl (C=O) groups excluding carboxylic acids is 1. The number of nitrogens with zero attached hydrogens (tertiary/aromatic N) is 3. The third-order valence-electron chi connectivity index (χ3n) is 4.30. The molecule has 6 heteroatoms. The second-order valence-electron chi connectivity index (χ2n) is 5.71. The standard InChI is InChI=1S/C17H19N3O3/c21-17(19-6-9-22-10-7-19)15-14-12-23-11-8-20(14)16(18-15)13-4-2-1-3-5-13/h1-5H,6-12H2. The first-order valence-electron chi connectivity index (χ1n) is 7.94. The SMILES string of the molecule is O=C(c1nc(-c2ccccc2)n2c1COCC2)N1CCOCC1. The van der Waals surface area contributed by atoms with Gasteiger partial charge in [-0.3, -0.25) is 4.79 Å². The van der Waals surface area contributed by atoms with Crippen molar-refractivity contribution in [2.45, 2.75) is 13.2 Å². The molecule has 1 saturated heterocycles. The first kappa shape index (κ1) is 14.4. The summed E-state index contributed by atoms with van der Waals surface area (Å²) < 4.78 is 13.0.